The average molecular weight is 423 g/mol. The number of hydrogen-bond donors (Lipinski definition) is 2. The molecule has 0 spiro atoms. The number of carbonyl (C=O) groups is 2. The van der Waals surface area contributed by atoms with Crippen molar-refractivity contribution in [2.75, 3.05) is 10.6 Å². The fourth-order valence-electron chi connectivity index (χ4n) is 3.26. The first-order valence-electron chi connectivity index (χ1n) is 9.10. The van der Waals surface area contributed by atoms with Crippen molar-refractivity contribution in [3.05, 3.63) is 58.9 Å². The lowest BCUT2D eigenvalue weighted by molar-refractivity contribution is -0.114. The van der Waals surface area contributed by atoms with Crippen LogP contribution in [0.4, 0.5) is 15.8 Å². The van der Waals surface area contributed by atoms with E-state index in [2.05, 4.69) is 20.7 Å². The van der Waals surface area contributed by atoms with Gasteiger partial charge in [-0.3, -0.25) is 14.3 Å². The molecule has 0 radical (unpaired) electrons. The molecule has 152 valence electrons. The molecule has 0 aliphatic carbocycles. The van der Waals surface area contributed by atoms with Crippen molar-refractivity contribution in [3.63, 3.8) is 0 Å². The molecule has 0 saturated carbocycles. The van der Waals surface area contributed by atoms with Gasteiger partial charge >= 0.3 is 0 Å². The van der Waals surface area contributed by atoms with E-state index >= 15 is 0 Å². The summed E-state index contributed by atoms with van der Waals surface area (Å²) in [6.45, 7) is 3.11. The molecule has 4 aromatic rings. The molecule has 0 bridgehead atoms. The second-order valence-electron chi connectivity index (χ2n) is 6.77. The van der Waals surface area contributed by atoms with Crippen LogP contribution < -0.4 is 10.6 Å². The quantitative estimate of drug-likeness (QED) is 0.511. The van der Waals surface area contributed by atoms with Crippen molar-refractivity contribution in [2.24, 2.45) is 7.05 Å². The molecule has 0 aliphatic heterocycles. The summed E-state index contributed by atoms with van der Waals surface area (Å²) >= 11 is 1.53. The highest BCUT2D eigenvalue weighted by atomic mass is 32.1. The molecule has 3 aromatic heterocycles. The molecule has 0 aliphatic rings. The summed E-state index contributed by atoms with van der Waals surface area (Å²) in [5.41, 5.74) is 2.72. The van der Waals surface area contributed by atoms with Gasteiger partial charge in [-0.1, -0.05) is 6.07 Å². The Balaban J connectivity index is 1.77. The monoisotopic (exact) mass is 423 g/mol. The molecule has 0 atom stereocenters. The number of aromatic nitrogens is 3. The summed E-state index contributed by atoms with van der Waals surface area (Å²) in [5.74, 6) is -1.37. The number of fused-ring (bicyclic) bond motifs is 1. The fraction of sp³-hybridized carbons (Fsp3) is 0.143. The van der Waals surface area contributed by atoms with Crippen LogP contribution in [-0.4, -0.2) is 26.6 Å². The van der Waals surface area contributed by atoms with Crippen LogP contribution >= 0.6 is 11.3 Å². The van der Waals surface area contributed by atoms with E-state index in [1.807, 2.05) is 24.4 Å². The Morgan fingerprint density at radius 3 is 2.67 bits per heavy atom. The number of rotatable bonds is 4. The van der Waals surface area contributed by atoms with Crippen molar-refractivity contribution in [1.29, 1.82) is 0 Å². The first-order valence-corrected chi connectivity index (χ1v) is 9.98. The van der Waals surface area contributed by atoms with Gasteiger partial charge in [-0.2, -0.15) is 5.10 Å². The van der Waals surface area contributed by atoms with Crippen LogP contribution in [0.2, 0.25) is 0 Å². The number of thiophene rings is 1. The Morgan fingerprint density at radius 2 is 1.97 bits per heavy atom. The van der Waals surface area contributed by atoms with Crippen molar-refractivity contribution >= 4 is 45.6 Å². The summed E-state index contributed by atoms with van der Waals surface area (Å²) in [5, 5.41) is 12.2. The Hall–Kier alpha value is -3.59. The summed E-state index contributed by atoms with van der Waals surface area (Å²) in [6, 6.07) is 9.59. The lowest BCUT2D eigenvalue weighted by Gasteiger charge is -2.11. The molecule has 3 heterocycles. The summed E-state index contributed by atoms with van der Waals surface area (Å²) in [4.78, 5) is 30.1. The predicted molar refractivity (Wildman–Crippen MR) is 115 cm³/mol. The van der Waals surface area contributed by atoms with E-state index < -0.39 is 11.7 Å². The van der Waals surface area contributed by atoms with E-state index in [0.29, 0.717) is 33.7 Å². The van der Waals surface area contributed by atoms with Crippen molar-refractivity contribution < 1.29 is 14.0 Å². The van der Waals surface area contributed by atoms with Gasteiger partial charge in [0.1, 0.15) is 5.82 Å². The fourth-order valence-corrected chi connectivity index (χ4v) is 3.95. The van der Waals surface area contributed by atoms with Gasteiger partial charge in [-0.25, -0.2) is 9.37 Å². The van der Waals surface area contributed by atoms with E-state index in [4.69, 9.17) is 0 Å². The second-order valence-corrected chi connectivity index (χ2v) is 7.72. The lowest BCUT2D eigenvalue weighted by Crippen LogP contribution is -2.14. The van der Waals surface area contributed by atoms with Gasteiger partial charge in [-0.15, -0.1) is 11.3 Å². The largest absolute Gasteiger partial charge is 0.324 e. The second kappa shape index (κ2) is 7.68. The molecule has 30 heavy (non-hydrogen) atoms. The minimum Gasteiger partial charge on any atom is -0.324 e. The maximum Gasteiger partial charge on any atom is 0.256 e. The van der Waals surface area contributed by atoms with E-state index in [1.54, 1.807) is 17.8 Å². The highest BCUT2D eigenvalue weighted by molar-refractivity contribution is 7.13. The molecular weight excluding hydrogens is 405 g/mol. The van der Waals surface area contributed by atoms with Gasteiger partial charge in [0, 0.05) is 19.7 Å². The van der Waals surface area contributed by atoms with Gasteiger partial charge in [0.25, 0.3) is 5.91 Å². The number of pyridine rings is 1. The summed E-state index contributed by atoms with van der Waals surface area (Å²) < 4.78 is 15.6. The normalized spacial score (nSPS) is 10.9. The molecule has 0 fully saturated rings. The van der Waals surface area contributed by atoms with Crippen molar-refractivity contribution in [3.8, 4) is 10.6 Å². The summed E-state index contributed by atoms with van der Waals surface area (Å²) in [7, 11) is 1.78. The molecule has 0 unspecified atom stereocenters. The number of nitrogens with one attached hydrogen (secondary N) is 2. The minimum absolute atomic E-state index is 0.00277. The van der Waals surface area contributed by atoms with E-state index in [1.165, 1.54) is 36.5 Å². The SMILES string of the molecule is CC(=O)Nc1cc(NC(=O)c2cc(-c3cccs3)nc3c2c(C)nn3C)ccc1F. The van der Waals surface area contributed by atoms with Crippen molar-refractivity contribution in [1.82, 2.24) is 14.8 Å². The van der Waals surface area contributed by atoms with Gasteiger partial charge in [-0.05, 0) is 42.6 Å². The van der Waals surface area contributed by atoms with Crippen LogP contribution in [0.15, 0.2) is 41.8 Å². The first-order chi connectivity index (χ1) is 14.3. The highest BCUT2D eigenvalue weighted by Crippen LogP contribution is 2.30. The smallest absolute Gasteiger partial charge is 0.256 e. The number of benzene rings is 1. The van der Waals surface area contributed by atoms with Gasteiger partial charge < -0.3 is 10.6 Å². The third-order valence-electron chi connectivity index (χ3n) is 4.52. The lowest BCUT2D eigenvalue weighted by atomic mass is 10.1. The minimum atomic E-state index is -0.586. The maximum absolute atomic E-state index is 13.9. The molecule has 4 rings (SSSR count). The third kappa shape index (κ3) is 3.67. The zero-order valence-electron chi connectivity index (χ0n) is 16.5. The Morgan fingerprint density at radius 1 is 1.17 bits per heavy atom. The molecule has 9 heteroatoms. The zero-order valence-corrected chi connectivity index (χ0v) is 17.3. The maximum atomic E-state index is 13.9. The molecule has 1 aromatic carbocycles. The highest BCUT2D eigenvalue weighted by Gasteiger charge is 2.20. The van der Waals surface area contributed by atoms with Crippen molar-refractivity contribution in [2.45, 2.75) is 13.8 Å². The van der Waals surface area contributed by atoms with Gasteiger partial charge in [0.2, 0.25) is 5.91 Å². The van der Waals surface area contributed by atoms with Crippen LogP contribution in [0.5, 0.6) is 0 Å². The third-order valence-corrected chi connectivity index (χ3v) is 5.41. The number of aryl methyl sites for hydroxylation is 2. The molecule has 7 nitrogen and oxygen atoms in total. The van der Waals surface area contributed by atoms with Gasteiger partial charge in [0.05, 0.1) is 32.9 Å². The van der Waals surface area contributed by atoms with Crippen LogP contribution in [0, 0.1) is 12.7 Å². The summed E-state index contributed by atoms with van der Waals surface area (Å²) in [6.07, 6.45) is 0. The number of anilines is 2. The first kappa shape index (κ1) is 19.7. The van der Waals surface area contributed by atoms with Gasteiger partial charge in [0.15, 0.2) is 5.65 Å². The van der Waals surface area contributed by atoms with E-state index in [0.717, 1.165) is 4.88 Å². The number of carbonyl (C=O) groups excluding carboxylic acids is 2. The number of hydrogen-bond acceptors (Lipinski definition) is 5. The molecule has 0 saturated heterocycles. The number of amides is 2. The average Bonchev–Trinajstić information content (AvgIpc) is 3.32. The standard InChI is InChI=1S/C21H18FN5O2S/c1-11-19-14(10-17(18-5-4-8-30-18)25-20(19)27(3)26-11)21(29)24-13-6-7-15(22)16(9-13)23-12(2)28/h4-10H,1-3H3,(H,23,28)(H,24,29). The molecule has 2 amide bonds. The molecular formula is C21H18FN5O2S. The Labute approximate surface area is 175 Å². The Bertz CT molecular complexity index is 1280. The number of nitrogens with zero attached hydrogens (tertiary/aromatic N) is 3. The number of halogens is 1. The van der Waals surface area contributed by atoms with Crippen LogP contribution in [-0.2, 0) is 11.8 Å². The molecule has 2 N–H and O–H groups in total. The van der Waals surface area contributed by atoms with Crippen LogP contribution in [0.1, 0.15) is 23.0 Å². The predicted octanol–water partition coefficient (Wildman–Crippen LogP) is 4.36. The van der Waals surface area contributed by atoms with E-state index in [-0.39, 0.29) is 11.6 Å². The topological polar surface area (TPSA) is 88.9 Å². The van der Waals surface area contributed by atoms with Crippen LogP contribution in [0.25, 0.3) is 21.6 Å². The van der Waals surface area contributed by atoms with Crippen LogP contribution in [0.3, 0.4) is 0 Å². The zero-order chi connectivity index (χ0) is 21.4. The Kier molecular flexibility index (Phi) is 5.04. The van der Waals surface area contributed by atoms with E-state index in [9.17, 15) is 14.0 Å².